The van der Waals surface area contributed by atoms with E-state index in [4.69, 9.17) is 14.2 Å². The third-order valence-corrected chi connectivity index (χ3v) is 4.79. The summed E-state index contributed by atoms with van der Waals surface area (Å²) in [5.41, 5.74) is 2.00. The fourth-order valence-electron chi connectivity index (χ4n) is 2.53. The van der Waals surface area contributed by atoms with Crippen LogP contribution in [0.4, 0.5) is 0 Å². The van der Waals surface area contributed by atoms with Crippen LogP contribution in [0.3, 0.4) is 0 Å². The second kappa shape index (κ2) is 8.89. The number of benzene rings is 2. The van der Waals surface area contributed by atoms with Crippen molar-refractivity contribution in [3.63, 3.8) is 0 Å². The Morgan fingerprint density at radius 2 is 1.79 bits per heavy atom. The van der Waals surface area contributed by atoms with Gasteiger partial charge in [-0.05, 0) is 59.0 Å². The minimum absolute atomic E-state index is 0.388. The maximum atomic E-state index is 12.0. The van der Waals surface area contributed by atoms with Gasteiger partial charge in [0.15, 0.2) is 11.5 Å². The normalized spacial score (nSPS) is 10.8. The van der Waals surface area contributed by atoms with Gasteiger partial charge in [-0.15, -0.1) is 11.3 Å². The van der Waals surface area contributed by atoms with E-state index in [2.05, 4.69) is 6.07 Å². The van der Waals surface area contributed by atoms with Crippen LogP contribution in [0.15, 0.2) is 60.0 Å². The molecule has 0 N–H and O–H groups in total. The number of carbonyl (C=O) groups excluding carboxylic acids is 1. The second-order valence-electron chi connectivity index (χ2n) is 5.68. The van der Waals surface area contributed by atoms with Gasteiger partial charge >= 0.3 is 5.97 Å². The maximum absolute atomic E-state index is 12.0. The van der Waals surface area contributed by atoms with Gasteiger partial charge in [-0.2, -0.15) is 5.26 Å². The summed E-state index contributed by atoms with van der Waals surface area (Å²) in [5.74, 6) is 1.21. The highest BCUT2D eigenvalue weighted by molar-refractivity contribution is 7.12. The highest BCUT2D eigenvalue weighted by Crippen LogP contribution is 2.31. The van der Waals surface area contributed by atoms with E-state index in [0.29, 0.717) is 33.3 Å². The molecule has 0 unspecified atom stereocenters. The molecular formula is C22H17NO4S. The van der Waals surface area contributed by atoms with Crippen LogP contribution in [-0.2, 0) is 0 Å². The first-order valence-corrected chi connectivity index (χ1v) is 9.22. The smallest absolute Gasteiger partial charge is 0.353 e. The maximum Gasteiger partial charge on any atom is 0.353 e. The number of allylic oxidation sites excluding steroid dienone is 1. The molecule has 1 heterocycles. The Bertz CT molecular complexity index is 1030. The Labute approximate surface area is 167 Å². The Balaban J connectivity index is 1.80. The van der Waals surface area contributed by atoms with Gasteiger partial charge in [-0.25, -0.2) is 4.79 Å². The van der Waals surface area contributed by atoms with Gasteiger partial charge < -0.3 is 14.2 Å². The van der Waals surface area contributed by atoms with Crippen molar-refractivity contribution in [1.82, 2.24) is 0 Å². The molecule has 0 aliphatic carbocycles. The van der Waals surface area contributed by atoms with E-state index >= 15 is 0 Å². The molecule has 0 radical (unpaired) electrons. The summed E-state index contributed by atoms with van der Waals surface area (Å²) in [4.78, 5) is 12.5. The van der Waals surface area contributed by atoms with E-state index in [-0.39, 0.29) is 5.97 Å². The number of esters is 1. The monoisotopic (exact) mass is 391 g/mol. The van der Waals surface area contributed by atoms with Gasteiger partial charge in [0, 0.05) is 0 Å². The van der Waals surface area contributed by atoms with Crippen molar-refractivity contribution in [1.29, 1.82) is 5.26 Å². The van der Waals surface area contributed by atoms with Gasteiger partial charge in [0.05, 0.1) is 25.9 Å². The van der Waals surface area contributed by atoms with Crippen molar-refractivity contribution < 1.29 is 19.0 Å². The summed E-state index contributed by atoms with van der Waals surface area (Å²) < 4.78 is 15.9. The van der Waals surface area contributed by atoms with Crippen molar-refractivity contribution in [2.24, 2.45) is 0 Å². The Morgan fingerprint density at radius 3 is 2.39 bits per heavy atom. The first-order chi connectivity index (χ1) is 13.6. The van der Waals surface area contributed by atoms with Crippen LogP contribution < -0.4 is 14.2 Å². The average Bonchev–Trinajstić information content (AvgIpc) is 3.28. The quantitative estimate of drug-likeness (QED) is 0.255. The van der Waals surface area contributed by atoms with Crippen molar-refractivity contribution in [2.75, 3.05) is 14.2 Å². The molecule has 0 amide bonds. The molecule has 0 atom stereocenters. The molecule has 5 nitrogen and oxygen atoms in total. The fourth-order valence-corrected chi connectivity index (χ4v) is 3.13. The molecule has 1 aromatic heterocycles. The van der Waals surface area contributed by atoms with E-state index in [0.717, 1.165) is 5.56 Å². The lowest BCUT2D eigenvalue weighted by Gasteiger charge is -2.09. The lowest BCUT2D eigenvalue weighted by atomic mass is 10.0. The predicted molar refractivity (Wildman–Crippen MR) is 109 cm³/mol. The summed E-state index contributed by atoms with van der Waals surface area (Å²) in [6, 6.07) is 18.0. The average molecular weight is 391 g/mol. The van der Waals surface area contributed by atoms with Crippen molar-refractivity contribution in [3.05, 3.63) is 76.0 Å². The molecule has 0 spiro atoms. The van der Waals surface area contributed by atoms with Crippen LogP contribution in [0.2, 0.25) is 0 Å². The van der Waals surface area contributed by atoms with E-state index in [1.54, 1.807) is 74.9 Å². The minimum atomic E-state index is -0.388. The van der Waals surface area contributed by atoms with E-state index in [1.807, 2.05) is 5.38 Å². The third-order valence-electron chi connectivity index (χ3n) is 3.94. The first kappa shape index (κ1) is 19.2. The van der Waals surface area contributed by atoms with Crippen LogP contribution in [-0.4, -0.2) is 20.2 Å². The molecule has 6 heteroatoms. The molecule has 28 heavy (non-hydrogen) atoms. The molecular weight excluding hydrogens is 374 g/mol. The van der Waals surface area contributed by atoms with E-state index in [9.17, 15) is 10.1 Å². The Hall–Kier alpha value is -3.56. The first-order valence-electron chi connectivity index (χ1n) is 8.34. The zero-order valence-corrected chi connectivity index (χ0v) is 16.2. The van der Waals surface area contributed by atoms with E-state index in [1.165, 1.54) is 11.3 Å². The Kier molecular flexibility index (Phi) is 6.10. The summed E-state index contributed by atoms with van der Waals surface area (Å²) in [6.45, 7) is 0. The summed E-state index contributed by atoms with van der Waals surface area (Å²) in [5, 5.41) is 11.4. The molecule has 2 aromatic carbocycles. The summed E-state index contributed by atoms with van der Waals surface area (Å²) >= 11 is 1.33. The highest BCUT2D eigenvalue weighted by Gasteiger charge is 2.10. The van der Waals surface area contributed by atoms with E-state index < -0.39 is 0 Å². The zero-order chi connectivity index (χ0) is 19.9. The van der Waals surface area contributed by atoms with Crippen LogP contribution in [0, 0.1) is 11.3 Å². The zero-order valence-electron chi connectivity index (χ0n) is 15.3. The Morgan fingerprint density at radius 1 is 1.04 bits per heavy atom. The third kappa shape index (κ3) is 4.40. The number of ether oxygens (including phenoxy) is 3. The number of carbonyl (C=O) groups is 1. The van der Waals surface area contributed by atoms with Crippen LogP contribution in [0.25, 0.3) is 11.6 Å². The van der Waals surface area contributed by atoms with Crippen molar-refractivity contribution in [3.8, 4) is 23.3 Å². The van der Waals surface area contributed by atoms with Gasteiger partial charge in [-0.3, -0.25) is 0 Å². The number of thiophene rings is 1. The lowest BCUT2D eigenvalue weighted by Crippen LogP contribution is -2.05. The molecule has 3 rings (SSSR count). The van der Waals surface area contributed by atoms with Crippen molar-refractivity contribution in [2.45, 2.75) is 0 Å². The number of nitrogens with zero attached hydrogens (tertiary/aromatic N) is 1. The topological polar surface area (TPSA) is 68.5 Å². The molecule has 0 fully saturated rings. The molecule has 0 saturated carbocycles. The molecule has 0 aliphatic rings. The molecule has 0 saturated heterocycles. The second-order valence-corrected chi connectivity index (χ2v) is 6.62. The summed E-state index contributed by atoms with van der Waals surface area (Å²) in [7, 11) is 3.11. The molecule has 3 aromatic rings. The minimum Gasteiger partial charge on any atom is -0.493 e. The SMILES string of the molecule is COc1ccc(/C(C#N)=C\c2ccc(OC(=O)c3cccs3)cc2)cc1OC. The standard InChI is InChI=1S/C22H17NO4S/c1-25-19-10-7-16(13-20(19)26-2)17(14-23)12-15-5-8-18(9-6-15)27-22(24)21-4-3-11-28-21/h3-13H,1-2H3/b17-12-. The predicted octanol–water partition coefficient (Wildman–Crippen LogP) is 5.05. The summed E-state index contributed by atoms with van der Waals surface area (Å²) in [6.07, 6.45) is 1.76. The fraction of sp³-hybridized carbons (Fsp3) is 0.0909. The van der Waals surface area contributed by atoms with Crippen molar-refractivity contribution >= 4 is 29.0 Å². The number of methoxy groups -OCH3 is 2. The molecule has 140 valence electrons. The molecule has 0 bridgehead atoms. The number of nitriles is 1. The van der Waals surface area contributed by atoms with Gasteiger partial charge in [-0.1, -0.05) is 18.2 Å². The van der Waals surface area contributed by atoms with Gasteiger partial charge in [0.2, 0.25) is 0 Å². The lowest BCUT2D eigenvalue weighted by molar-refractivity contribution is 0.0740. The number of rotatable bonds is 6. The van der Waals surface area contributed by atoms with Gasteiger partial charge in [0.1, 0.15) is 10.6 Å². The number of hydrogen-bond donors (Lipinski definition) is 0. The van der Waals surface area contributed by atoms with Crippen LogP contribution >= 0.6 is 11.3 Å². The van der Waals surface area contributed by atoms with Crippen LogP contribution in [0.1, 0.15) is 20.8 Å². The van der Waals surface area contributed by atoms with Gasteiger partial charge in [0.25, 0.3) is 0 Å². The number of hydrogen-bond acceptors (Lipinski definition) is 6. The highest BCUT2D eigenvalue weighted by atomic mass is 32.1. The largest absolute Gasteiger partial charge is 0.493 e. The van der Waals surface area contributed by atoms with Crippen LogP contribution in [0.5, 0.6) is 17.2 Å². The molecule has 0 aliphatic heterocycles.